The number of ether oxygens (including phenoxy) is 1. The Hall–Kier alpha value is -0.790. The summed E-state index contributed by atoms with van der Waals surface area (Å²) in [6, 6.07) is 0. The summed E-state index contributed by atoms with van der Waals surface area (Å²) < 4.78 is 5.65. The fourth-order valence-electron chi connectivity index (χ4n) is 3.96. The van der Waals surface area contributed by atoms with Crippen LogP contribution in [-0.4, -0.2) is 12.1 Å². The molecule has 0 aromatic carbocycles. The van der Waals surface area contributed by atoms with E-state index < -0.39 is 0 Å². The maximum absolute atomic E-state index is 11.9. The van der Waals surface area contributed by atoms with Gasteiger partial charge < -0.3 is 4.74 Å². The molecule has 3 rings (SSSR count). The maximum atomic E-state index is 11.9. The summed E-state index contributed by atoms with van der Waals surface area (Å²) in [5.74, 6) is 1.28. The third kappa shape index (κ3) is 1.35. The van der Waals surface area contributed by atoms with E-state index in [0.717, 1.165) is 19.3 Å². The van der Waals surface area contributed by atoms with Crippen LogP contribution in [-0.2, 0) is 9.53 Å². The van der Waals surface area contributed by atoms with Gasteiger partial charge in [-0.15, -0.1) is 0 Å². The van der Waals surface area contributed by atoms with Gasteiger partial charge in [0.05, 0.1) is 5.92 Å². The number of esters is 1. The van der Waals surface area contributed by atoms with Crippen LogP contribution in [0.1, 0.15) is 39.5 Å². The van der Waals surface area contributed by atoms with Gasteiger partial charge in [0.2, 0.25) is 0 Å². The van der Waals surface area contributed by atoms with Crippen LogP contribution in [0.4, 0.5) is 0 Å². The first-order valence-corrected chi connectivity index (χ1v) is 6.47. The van der Waals surface area contributed by atoms with Crippen molar-refractivity contribution in [3.8, 4) is 0 Å². The Bertz CT molecular complexity index is 343. The predicted octanol–water partition coefficient (Wildman–Crippen LogP) is 2.93. The number of hydrogen-bond acceptors (Lipinski definition) is 2. The Morgan fingerprint density at radius 3 is 3.06 bits per heavy atom. The molecule has 3 aliphatic rings. The highest BCUT2D eigenvalue weighted by molar-refractivity contribution is 5.76. The van der Waals surface area contributed by atoms with E-state index in [2.05, 4.69) is 26.0 Å². The quantitative estimate of drug-likeness (QED) is 0.463. The summed E-state index contributed by atoms with van der Waals surface area (Å²) in [7, 11) is 0. The molecule has 2 aliphatic carbocycles. The van der Waals surface area contributed by atoms with E-state index in [1.165, 1.54) is 6.42 Å². The molecule has 4 atom stereocenters. The Morgan fingerprint density at radius 2 is 2.25 bits per heavy atom. The van der Waals surface area contributed by atoms with Crippen LogP contribution in [0.15, 0.2) is 12.2 Å². The van der Waals surface area contributed by atoms with Crippen LogP contribution < -0.4 is 0 Å². The molecule has 1 saturated carbocycles. The van der Waals surface area contributed by atoms with E-state index in [1.807, 2.05) is 0 Å². The Morgan fingerprint density at radius 1 is 1.44 bits per heavy atom. The molecule has 0 N–H and O–H groups in total. The lowest BCUT2D eigenvalue weighted by Gasteiger charge is -2.24. The van der Waals surface area contributed by atoms with E-state index in [9.17, 15) is 4.79 Å². The molecule has 1 saturated heterocycles. The van der Waals surface area contributed by atoms with Gasteiger partial charge in [0, 0.05) is 11.3 Å². The first-order chi connectivity index (χ1) is 7.59. The molecular formula is C14H20O2. The van der Waals surface area contributed by atoms with E-state index in [1.54, 1.807) is 0 Å². The minimum atomic E-state index is 0.0723. The van der Waals surface area contributed by atoms with E-state index in [-0.39, 0.29) is 23.4 Å². The van der Waals surface area contributed by atoms with Gasteiger partial charge in [-0.2, -0.15) is 0 Å². The molecule has 0 radical (unpaired) electrons. The SMILES string of the molecule is CC1(C)C[C@H]2/C=C\CCC[C@@H]3C(=O)O[C@@H]1[C@@H]23. The molecule has 0 aromatic rings. The van der Waals surface area contributed by atoms with Crippen molar-refractivity contribution < 1.29 is 9.53 Å². The Balaban J connectivity index is 1.99. The number of carbonyl (C=O) groups is 1. The average molecular weight is 220 g/mol. The van der Waals surface area contributed by atoms with Gasteiger partial charge in [0.15, 0.2) is 0 Å². The zero-order chi connectivity index (χ0) is 11.3. The second-order valence-electron chi connectivity index (χ2n) is 6.26. The van der Waals surface area contributed by atoms with Crippen LogP contribution in [0.3, 0.4) is 0 Å². The molecule has 0 spiro atoms. The van der Waals surface area contributed by atoms with Crippen molar-refractivity contribution in [1.82, 2.24) is 0 Å². The summed E-state index contributed by atoms with van der Waals surface area (Å²) in [6.07, 6.45) is 9.27. The van der Waals surface area contributed by atoms with Crippen LogP contribution in [0.25, 0.3) is 0 Å². The smallest absolute Gasteiger partial charge is 0.309 e. The standard InChI is InChI=1S/C14H20O2/c1-14(2)8-9-6-4-3-5-7-10-11(9)12(14)16-13(10)15/h4,6,9-12H,3,5,7-8H2,1-2H3/b6-4-/t9-,10+,11+,12-/m1/s1. The largest absolute Gasteiger partial charge is 0.461 e. The second-order valence-corrected chi connectivity index (χ2v) is 6.26. The molecule has 2 heteroatoms. The minimum absolute atomic E-state index is 0.0723. The molecule has 0 bridgehead atoms. The number of hydrogen-bond donors (Lipinski definition) is 0. The summed E-state index contributed by atoms with van der Waals surface area (Å²) in [5, 5.41) is 0. The molecule has 2 nitrogen and oxygen atoms in total. The highest BCUT2D eigenvalue weighted by Crippen LogP contribution is 2.55. The Labute approximate surface area is 97.1 Å². The summed E-state index contributed by atoms with van der Waals surface area (Å²) in [6.45, 7) is 4.48. The topological polar surface area (TPSA) is 26.3 Å². The highest BCUT2D eigenvalue weighted by Gasteiger charge is 2.58. The van der Waals surface area contributed by atoms with Gasteiger partial charge in [0.1, 0.15) is 6.10 Å². The van der Waals surface area contributed by atoms with Crippen molar-refractivity contribution in [2.45, 2.75) is 45.6 Å². The average Bonchev–Trinajstić information content (AvgIpc) is 2.60. The first kappa shape index (κ1) is 10.4. The lowest BCUT2D eigenvalue weighted by molar-refractivity contribution is -0.147. The Kier molecular flexibility index (Phi) is 2.17. The fraction of sp³-hybridized carbons (Fsp3) is 0.786. The number of rotatable bonds is 0. The normalized spacial score (nSPS) is 46.8. The lowest BCUT2D eigenvalue weighted by atomic mass is 9.79. The van der Waals surface area contributed by atoms with Gasteiger partial charge in [-0.3, -0.25) is 4.79 Å². The monoisotopic (exact) mass is 220 g/mol. The molecule has 2 fully saturated rings. The van der Waals surface area contributed by atoms with Crippen molar-refractivity contribution in [3.63, 3.8) is 0 Å². The van der Waals surface area contributed by atoms with Gasteiger partial charge in [-0.25, -0.2) is 0 Å². The number of allylic oxidation sites excluding steroid dienone is 2. The molecule has 16 heavy (non-hydrogen) atoms. The molecule has 1 aliphatic heterocycles. The lowest BCUT2D eigenvalue weighted by Crippen LogP contribution is -2.27. The minimum Gasteiger partial charge on any atom is -0.461 e. The van der Waals surface area contributed by atoms with Gasteiger partial charge in [0.25, 0.3) is 0 Å². The second kappa shape index (κ2) is 3.35. The predicted molar refractivity (Wildman–Crippen MR) is 61.7 cm³/mol. The molecule has 0 unspecified atom stereocenters. The van der Waals surface area contributed by atoms with Crippen molar-refractivity contribution in [3.05, 3.63) is 12.2 Å². The molecule has 0 aromatic heterocycles. The zero-order valence-electron chi connectivity index (χ0n) is 10.1. The molecule has 1 heterocycles. The highest BCUT2D eigenvalue weighted by atomic mass is 16.6. The summed E-state index contributed by atoms with van der Waals surface area (Å²) >= 11 is 0. The molecule has 0 amide bonds. The van der Waals surface area contributed by atoms with E-state index >= 15 is 0 Å². The first-order valence-electron chi connectivity index (χ1n) is 6.47. The fourth-order valence-corrected chi connectivity index (χ4v) is 3.96. The number of carbonyl (C=O) groups excluding carboxylic acids is 1. The van der Waals surface area contributed by atoms with Crippen molar-refractivity contribution in [2.75, 3.05) is 0 Å². The van der Waals surface area contributed by atoms with Crippen LogP contribution >= 0.6 is 0 Å². The maximum Gasteiger partial charge on any atom is 0.309 e. The van der Waals surface area contributed by atoms with Crippen molar-refractivity contribution >= 4 is 5.97 Å². The molecule has 88 valence electrons. The van der Waals surface area contributed by atoms with Crippen molar-refractivity contribution in [1.29, 1.82) is 0 Å². The van der Waals surface area contributed by atoms with Crippen LogP contribution in [0.2, 0.25) is 0 Å². The third-order valence-electron chi connectivity index (χ3n) is 4.66. The van der Waals surface area contributed by atoms with Gasteiger partial charge in [-0.1, -0.05) is 26.0 Å². The zero-order valence-corrected chi connectivity index (χ0v) is 10.1. The van der Waals surface area contributed by atoms with Crippen molar-refractivity contribution in [2.24, 2.45) is 23.2 Å². The van der Waals surface area contributed by atoms with E-state index in [4.69, 9.17) is 4.74 Å². The van der Waals surface area contributed by atoms with Gasteiger partial charge in [-0.05, 0) is 31.6 Å². The third-order valence-corrected chi connectivity index (χ3v) is 4.66. The molecular weight excluding hydrogens is 200 g/mol. The van der Waals surface area contributed by atoms with E-state index in [0.29, 0.717) is 11.8 Å². The van der Waals surface area contributed by atoms with Gasteiger partial charge >= 0.3 is 5.97 Å². The summed E-state index contributed by atoms with van der Waals surface area (Å²) in [5.41, 5.74) is 0.161. The van der Waals surface area contributed by atoms with Crippen LogP contribution in [0.5, 0.6) is 0 Å². The van der Waals surface area contributed by atoms with Crippen LogP contribution in [0, 0.1) is 23.2 Å². The summed E-state index contributed by atoms with van der Waals surface area (Å²) in [4.78, 5) is 11.9.